The Morgan fingerprint density at radius 2 is 2.20 bits per heavy atom. The number of nitriles is 1. The molecule has 6 nitrogen and oxygen atoms in total. The maximum Gasteiger partial charge on any atom is 0.223 e. The average molecular weight is 308 g/mol. The second kappa shape index (κ2) is 6.65. The lowest BCUT2D eigenvalue weighted by molar-refractivity contribution is 0.564. The van der Waals surface area contributed by atoms with Crippen LogP contribution in [0.4, 0.5) is 5.69 Å². The molecule has 0 fully saturated rings. The molecule has 2 rings (SSSR count). The fourth-order valence-electron chi connectivity index (χ4n) is 1.61. The van der Waals surface area contributed by atoms with Gasteiger partial charge in [0.1, 0.15) is 5.92 Å². The highest BCUT2D eigenvalue weighted by molar-refractivity contribution is 8.13. The molecule has 1 aliphatic heterocycles. The molecule has 0 saturated carbocycles. The van der Waals surface area contributed by atoms with Crippen molar-refractivity contribution in [3.05, 3.63) is 24.3 Å². The molecule has 0 aromatic heterocycles. The largest absolute Gasteiger partial charge is 0.324 e. The first-order valence-corrected chi connectivity index (χ1v) is 8.01. The minimum absolute atomic E-state index is 0.283. The monoisotopic (exact) mass is 308 g/mol. The average Bonchev–Trinajstić information content (AvgIpc) is 2.47. The van der Waals surface area contributed by atoms with Crippen molar-refractivity contribution in [2.75, 3.05) is 18.1 Å². The number of rotatable bonds is 2. The number of nitrogens with zero attached hydrogens (tertiary/aromatic N) is 3. The van der Waals surface area contributed by atoms with Crippen molar-refractivity contribution in [2.24, 2.45) is 15.9 Å². The molecule has 0 saturated heterocycles. The zero-order chi connectivity index (χ0) is 14.5. The maximum absolute atomic E-state index is 10.9. The summed E-state index contributed by atoms with van der Waals surface area (Å²) in [4.78, 5) is 8.83. The van der Waals surface area contributed by atoms with E-state index < -0.39 is 11.1 Å². The number of anilines is 1. The SMILES string of the molecule is CSC1=NC(Nc2ccc(S(=O)O)cc2)=NCC1C#N. The number of aliphatic imine (C=N–C) groups is 2. The molecule has 1 aromatic carbocycles. The van der Waals surface area contributed by atoms with Crippen molar-refractivity contribution in [1.82, 2.24) is 0 Å². The number of thioether (sulfide) groups is 1. The molecule has 2 atom stereocenters. The second-order valence-electron chi connectivity index (χ2n) is 3.90. The van der Waals surface area contributed by atoms with Gasteiger partial charge in [-0.2, -0.15) is 5.26 Å². The third kappa shape index (κ3) is 3.45. The number of guanidine groups is 1. The van der Waals surface area contributed by atoms with E-state index in [1.165, 1.54) is 11.8 Å². The zero-order valence-corrected chi connectivity index (χ0v) is 12.2. The van der Waals surface area contributed by atoms with Crippen LogP contribution in [0.2, 0.25) is 0 Å². The van der Waals surface area contributed by atoms with E-state index in [1.54, 1.807) is 24.3 Å². The van der Waals surface area contributed by atoms with E-state index in [4.69, 9.17) is 9.81 Å². The molecular weight excluding hydrogens is 296 g/mol. The lowest BCUT2D eigenvalue weighted by Crippen LogP contribution is -2.24. The van der Waals surface area contributed by atoms with Gasteiger partial charge >= 0.3 is 0 Å². The maximum atomic E-state index is 10.9. The van der Waals surface area contributed by atoms with Gasteiger partial charge in [0.05, 0.1) is 22.6 Å². The minimum Gasteiger partial charge on any atom is -0.324 e. The number of benzene rings is 1. The predicted octanol–water partition coefficient (Wildman–Crippen LogP) is 1.95. The molecule has 8 heteroatoms. The summed E-state index contributed by atoms with van der Waals surface area (Å²) < 4.78 is 19.8. The fraction of sp³-hybridized carbons (Fsp3) is 0.250. The summed E-state index contributed by atoms with van der Waals surface area (Å²) in [5, 5.41) is 12.7. The van der Waals surface area contributed by atoms with Crippen LogP contribution in [0.25, 0.3) is 0 Å². The van der Waals surface area contributed by atoms with E-state index in [0.29, 0.717) is 17.4 Å². The number of hydrogen-bond donors (Lipinski definition) is 2. The summed E-state index contributed by atoms with van der Waals surface area (Å²) in [6.07, 6.45) is 1.87. The first-order valence-electron chi connectivity index (χ1n) is 5.68. The molecule has 0 amide bonds. The Balaban J connectivity index is 2.11. The van der Waals surface area contributed by atoms with Crippen LogP contribution in [0.3, 0.4) is 0 Å². The van der Waals surface area contributed by atoms with Gasteiger partial charge in [-0.25, -0.2) is 14.2 Å². The third-order valence-electron chi connectivity index (χ3n) is 2.61. The molecule has 1 heterocycles. The summed E-state index contributed by atoms with van der Waals surface area (Å²) in [5.41, 5.74) is 0.720. The van der Waals surface area contributed by atoms with E-state index in [-0.39, 0.29) is 5.92 Å². The van der Waals surface area contributed by atoms with Crippen LogP contribution in [-0.2, 0) is 11.1 Å². The van der Waals surface area contributed by atoms with Gasteiger partial charge in [-0.15, -0.1) is 11.8 Å². The Labute approximate surface area is 123 Å². The van der Waals surface area contributed by atoms with Gasteiger partial charge in [0, 0.05) is 5.69 Å². The van der Waals surface area contributed by atoms with Gasteiger partial charge in [-0.3, -0.25) is 0 Å². The Morgan fingerprint density at radius 1 is 1.50 bits per heavy atom. The first kappa shape index (κ1) is 14.7. The van der Waals surface area contributed by atoms with Crippen LogP contribution < -0.4 is 5.32 Å². The Kier molecular flexibility index (Phi) is 4.89. The second-order valence-corrected chi connectivity index (χ2v) is 5.69. The lowest BCUT2D eigenvalue weighted by atomic mass is 10.2. The van der Waals surface area contributed by atoms with Crippen molar-refractivity contribution in [1.29, 1.82) is 5.26 Å². The molecule has 104 valence electrons. The smallest absolute Gasteiger partial charge is 0.223 e. The van der Waals surface area contributed by atoms with Crippen molar-refractivity contribution in [3.8, 4) is 6.07 Å². The normalized spacial score (nSPS) is 19.6. The molecule has 20 heavy (non-hydrogen) atoms. The minimum atomic E-state index is -1.98. The summed E-state index contributed by atoms with van der Waals surface area (Å²) in [6, 6.07) is 8.62. The Hall–Kier alpha value is -1.69. The van der Waals surface area contributed by atoms with Crippen molar-refractivity contribution in [3.63, 3.8) is 0 Å². The van der Waals surface area contributed by atoms with Crippen LogP contribution in [0.15, 0.2) is 39.1 Å². The molecule has 0 bridgehead atoms. The predicted molar refractivity (Wildman–Crippen MR) is 81.5 cm³/mol. The van der Waals surface area contributed by atoms with Crippen LogP contribution in [-0.4, -0.2) is 32.6 Å². The fourth-order valence-corrected chi connectivity index (χ4v) is 2.57. The summed E-state index contributed by atoms with van der Waals surface area (Å²) in [7, 11) is 0. The van der Waals surface area contributed by atoms with Crippen LogP contribution >= 0.6 is 11.8 Å². The Bertz CT molecular complexity index is 619. The van der Waals surface area contributed by atoms with Crippen molar-refractivity contribution in [2.45, 2.75) is 4.90 Å². The van der Waals surface area contributed by atoms with Gasteiger partial charge in [0.25, 0.3) is 0 Å². The molecule has 0 radical (unpaired) electrons. The Morgan fingerprint density at radius 3 is 2.75 bits per heavy atom. The lowest BCUT2D eigenvalue weighted by Gasteiger charge is -2.15. The van der Waals surface area contributed by atoms with E-state index >= 15 is 0 Å². The first-order chi connectivity index (χ1) is 9.63. The molecule has 2 N–H and O–H groups in total. The summed E-state index contributed by atoms with van der Waals surface area (Å²) in [5.74, 6) is 0.161. The zero-order valence-electron chi connectivity index (χ0n) is 10.6. The van der Waals surface area contributed by atoms with Gasteiger partial charge in [0.2, 0.25) is 5.96 Å². The molecule has 1 aromatic rings. The molecule has 0 spiro atoms. The topological polar surface area (TPSA) is 97.8 Å². The van der Waals surface area contributed by atoms with Gasteiger partial charge < -0.3 is 9.87 Å². The molecular formula is C12H12N4O2S2. The third-order valence-corrected chi connectivity index (χ3v) is 4.08. The van der Waals surface area contributed by atoms with Crippen LogP contribution in [0, 0.1) is 17.2 Å². The van der Waals surface area contributed by atoms with E-state index in [2.05, 4.69) is 21.4 Å². The summed E-state index contributed by atoms with van der Waals surface area (Å²) in [6.45, 7) is 0.386. The standard InChI is InChI=1S/C12H12N4O2S2/c1-19-11-8(6-13)7-14-12(16-11)15-9-2-4-10(5-3-9)20(17)18/h2-5,8H,7H2,1H3,(H,14,15)(H,17,18). The number of hydrogen-bond acceptors (Lipinski definition) is 6. The molecule has 1 aliphatic rings. The van der Waals surface area contributed by atoms with E-state index in [9.17, 15) is 4.21 Å². The van der Waals surface area contributed by atoms with Crippen LogP contribution in [0.5, 0.6) is 0 Å². The number of nitrogens with one attached hydrogen (secondary N) is 1. The quantitative estimate of drug-likeness (QED) is 0.814. The van der Waals surface area contributed by atoms with Crippen molar-refractivity contribution < 1.29 is 8.76 Å². The van der Waals surface area contributed by atoms with Gasteiger partial charge in [-0.05, 0) is 30.5 Å². The highest BCUT2D eigenvalue weighted by atomic mass is 32.2. The summed E-state index contributed by atoms with van der Waals surface area (Å²) >= 11 is -0.550. The highest BCUT2D eigenvalue weighted by Crippen LogP contribution is 2.17. The van der Waals surface area contributed by atoms with Gasteiger partial charge in [0.15, 0.2) is 11.1 Å². The van der Waals surface area contributed by atoms with Crippen molar-refractivity contribution >= 4 is 39.5 Å². The highest BCUT2D eigenvalue weighted by Gasteiger charge is 2.19. The molecule has 2 unspecified atom stereocenters. The van der Waals surface area contributed by atoms with E-state index in [1.807, 2.05) is 6.26 Å². The van der Waals surface area contributed by atoms with E-state index in [0.717, 1.165) is 10.7 Å². The molecule has 0 aliphatic carbocycles. The van der Waals surface area contributed by atoms with Crippen LogP contribution in [0.1, 0.15) is 0 Å². The van der Waals surface area contributed by atoms with Gasteiger partial charge in [-0.1, -0.05) is 0 Å².